The highest BCUT2D eigenvalue weighted by Gasteiger charge is 2.08. The average Bonchev–Trinajstić information content (AvgIpc) is 2.30. The Bertz CT molecular complexity index is 334. The van der Waals surface area contributed by atoms with Gasteiger partial charge in [0.1, 0.15) is 0 Å². The molecule has 1 aromatic rings. The lowest BCUT2D eigenvalue weighted by molar-refractivity contribution is 0.655. The minimum Gasteiger partial charge on any atom is -0.0811 e. The number of hydrogen-bond acceptors (Lipinski definition) is 0. The summed E-state index contributed by atoms with van der Waals surface area (Å²) >= 11 is 0. The van der Waals surface area contributed by atoms with E-state index in [1.54, 1.807) is 0 Å². The summed E-state index contributed by atoms with van der Waals surface area (Å²) in [7, 11) is 0. The highest BCUT2D eigenvalue weighted by molar-refractivity contribution is 5.58. The maximum absolute atomic E-state index is 2.33. The Morgan fingerprint density at radius 2 is 2.15 bits per heavy atom. The molecule has 0 aliphatic heterocycles. The van der Waals surface area contributed by atoms with Crippen LogP contribution in [0.2, 0.25) is 0 Å². The van der Waals surface area contributed by atoms with E-state index in [9.17, 15) is 0 Å². The number of hydrogen-bond donors (Lipinski definition) is 0. The molecule has 0 N–H and O–H groups in total. The zero-order valence-corrected chi connectivity index (χ0v) is 8.38. The van der Waals surface area contributed by atoms with Gasteiger partial charge in [-0.1, -0.05) is 37.3 Å². The molecule has 0 aromatic heterocycles. The molecule has 1 aromatic carbocycles. The van der Waals surface area contributed by atoms with Gasteiger partial charge in [0, 0.05) is 0 Å². The third-order valence-corrected chi connectivity index (χ3v) is 2.87. The van der Waals surface area contributed by atoms with Crippen LogP contribution in [0.4, 0.5) is 0 Å². The van der Waals surface area contributed by atoms with Crippen LogP contribution in [0, 0.1) is 12.8 Å². The molecular formula is C13H16. The van der Waals surface area contributed by atoms with Gasteiger partial charge in [-0.15, -0.1) is 0 Å². The lowest BCUT2D eigenvalue weighted by Crippen LogP contribution is -1.92. The molecule has 0 radical (unpaired) electrons. The van der Waals surface area contributed by atoms with Crippen molar-refractivity contribution in [2.45, 2.75) is 26.7 Å². The molecule has 0 bridgehead atoms. The quantitative estimate of drug-likeness (QED) is 0.561. The lowest BCUT2D eigenvalue weighted by atomic mass is 9.99. The van der Waals surface area contributed by atoms with E-state index < -0.39 is 0 Å². The summed E-state index contributed by atoms with van der Waals surface area (Å²) in [4.78, 5) is 0. The van der Waals surface area contributed by atoms with Crippen molar-refractivity contribution in [2.24, 2.45) is 5.92 Å². The van der Waals surface area contributed by atoms with E-state index in [0.717, 1.165) is 5.92 Å². The molecular weight excluding hydrogens is 156 g/mol. The maximum atomic E-state index is 2.33. The predicted molar refractivity (Wildman–Crippen MR) is 57.7 cm³/mol. The topological polar surface area (TPSA) is 0 Å². The van der Waals surface area contributed by atoms with Gasteiger partial charge in [-0.25, -0.2) is 0 Å². The Kier molecular flexibility index (Phi) is 2.22. The third kappa shape index (κ3) is 1.67. The molecule has 0 saturated carbocycles. The van der Waals surface area contributed by atoms with Crippen LogP contribution >= 0.6 is 0 Å². The van der Waals surface area contributed by atoms with Crippen molar-refractivity contribution in [3.63, 3.8) is 0 Å². The van der Waals surface area contributed by atoms with Gasteiger partial charge in [0.25, 0.3) is 0 Å². The molecule has 0 fully saturated rings. The number of allylic oxidation sites excluding steroid dienone is 1. The second-order valence-electron chi connectivity index (χ2n) is 4.02. The molecule has 0 heteroatoms. The first-order valence-corrected chi connectivity index (χ1v) is 5.04. The fraction of sp³-hybridized carbons (Fsp3) is 0.385. The molecule has 2 rings (SSSR count). The van der Waals surface area contributed by atoms with Gasteiger partial charge < -0.3 is 0 Å². The van der Waals surface area contributed by atoms with Gasteiger partial charge in [0.15, 0.2) is 0 Å². The summed E-state index contributed by atoms with van der Waals surface area (Å²) in [5.74, 6) is 0.729. The standard InChI is InChI=1S/C13H16/c1-10-6-8-12-5-3-4-11(2)13(12)9-7-10/h3-5,7,9-10H,6,8H2,1-2H3. The normalized spacial score (nSPS) is 20.9. The SMILES string of the molecule is Cc1cccc2c1C=CC(C)CC2. The highest BCUT2D eigenvalue weighted by atomic mass is 14.1. The Morgan fingerprint density at radius 3 is 3.00 bits per heavy atom. The van der Waals surface area contributed by atoms with Gasteiger partial charge in [-0.2, -0.15) is 0 Å². The summed E-state index contributed by atoms with van der Waals surface area (Å²) < 4.78 is 0. The highest BCUT2D eigenvalue weighted by Crippen LogP contribution is 2.24. The van der Waals surface area contributed by atoms with Crippen LogP contribution in [-0.4, -0.2) is 0 Å². The van der Waals surface area contributed by atoms with Crippen LogP contribution in [-0.2, 0) is 6.42 Å². The van der Waals surface area contributed by atoms with Crippen LogP contribution in [0.1, 0.15) is 30.0 Å². The van der Waals surface area contributed by atoms with E-state index in [2.05, 4.69) is 44.2 Å². The molecule has 1 aliphatic rings. The Balaban J connectivity index is 2.47. The molecule has 0 heterocycles. The summed E-state index contributed by atoms with van der Waals surface area (Å²) in [5.41, 5.74) is 4.37. The van der Waals surface area contributed by atoms with Crippen LogP contribution < -0.4 is 0 Å². The zero-order chi connectivity index (χ0) is 9.26. The average molecular weight is 172 g/mol. The number of benzene rings is 1. The molecule has 0 nitrogen and oxygen atoms in total. The summed E-state index contributed by atoms with van der Waals surface area (Å²) in [6.45, 7) is 4.48. The first-order valence-electron chi connectivity index (χ1n) is 5.04. The lowest BCUT2D eigenvalue weighted by Gasteiger charge is -2.06. The zero-order valence-electron chi connectivity index (χ0n) is 8.38. The maximum Gasteiger partial charge on any atom is -0.0198 e. The number of aryl methyl sites for hydroxylation is 2. The first kappa shape index (κ1) is 8.55. The molecule has 0 amide bonds. The molecule has 1 aliphatic carbocycles. The Morgan fingerprint density at radius 1 is 1.31 bits per heavy atom. The van der Waals surface area contributed by atoms with Crippen molar-refractivity contribution in [3.05, 3.63) is 41.0 Å². The largest absolute Gasteiger partial charge is 0.0811 e. The fourth-order valence-electron chi connectivity index (χ4n) is 1.94. The second kappa shape index (κ2) is 3.37. The second-order valence-corrected chi connectivity index (χ2v) is 4.02. The Hall–Kier alpha value is -1.04. The Labute approximate surface area is 80.3 Å². The van der Waals surface area contributed by atoms with Crippen LogP contribution in [0.3, 0.4) is 0 Å². The number of rotatable bonds is 0. The van der Waals surface area contributed by atoms with Crippen LogP contribution in [0.15, 0.2) is 24.3 Å². The van der Waals surface area contributed by atoms with E-state index >= 15 is 0 Å². The van der Waals surface area contributed by atoms with Crippen molar-refractivity contribution in [3.8, 4) is 0 Å². The van der Waals surface area contributed by atoms with E-state index in [4.69, 9.17) is 0 Å². The van der Waals surface area contributed by atoms with Crippen molar-refractivity contribution in [1.82, 2.24) is 0 Å². The van der Waals surface area contributed by atoms with Gasteiger partial charge in [-0.3, -0.25) is 0 Å². The minimum absolute atomic E-state index is 0.729. The first-order chi connectivity index (χ1) is 6.27. The third-order valence-electron chi connectivity index (χ3n) is 2.87. The fourth-order valence-corrected chi connectivity index (χ4v) is 1.94. The smallest absolute Gasteiger partial charge is 0.0198 e. The van der Waals surface area contributed by atoms with Crippen molar-refractivity contribution in [2.75, 3.05) is 0 Å². The van der Waals surface area contributed by atoms with Crippen molar-refractivity contribution in [1.29, 1.82) is 0 Å². The minimum atomic E-state index is 0.729. The molecule has 1 atom stereocenters. The number of fused-ring (bicyclic) bond motifs is 1. The molecule has 0 saturated heterocycles. The summed E-state index contributed by atoms with van der Waals surface area (Å²) in [6, 6.07) is 6.61. The summed E-state index contributed by atoms with van der Waals surface area (Å²) in [6.07, 6.45) is 7.14. The van der Waals surface area contributed by atoms with Crippen molar-refractivity contribution < 1.29 is 0 Å². The monoisotopic (exact) mass is 172 g/mol. The predicted octanol–water partition coefficient (Wildman–Crippen LogP) is 3.59. The van der Waals surface area contributed by atoms with Crippen LogP contribution in [0.5, 0.6) is 0 Å². The van der Waals surface area contributed by atoms with E-state index in [1.165, 1.54) is 29.5 Å². The summed E-state index contributed by atoms with van der Waals surface area (Å²) in [5, 5.41) is 0. The molecule has 68 valence electrons. The van der Waals surface area contributed by atoms with Crippen molar-refractivity contribution >= 4 is 6.08 Å². The molecule has 13 heavy (non-hydrogen) atoms. The van der Waals surface area contributed by atoms with E-state index in [1.807, 2.05) is 0 Å². The van der Waals surface area contributed by atoms with E-state index in [-0.39, 0.29) is 0 Å². The van der Waals surface area contributed by atoms with E-state index in [0.29, 0.717) is 0 Å². The van der Waals surface area contributed by atoms with Crippen LogP contribution in [0.25, 0.3) is 6.08 Å². The molecule has 1 unspecified atom stereocenters. The van der Waals surface area contributed by atoms with Gasteiger partial charge >= 0.3 is 0 Å². The van der Waals surface area contributed by atoms with Gasteiger partial charge in [0.05, 0.1) is 0 Å². The van der Waals surface area contributed by atoms with Gasteiger partial charge in [0.2, 0.25) is 0 Å². The molecule has 0 spiro atoms. The van der Waals surface area contributed by atoms with Gasteiger partial charge in [-0.05, 0) is 42.4 Å².